The third-order valence-corrected chi connectivity index (χ3v) is 5.17. The van der Waals surface area contributed by atoms with Gasteiger partial charge in [-0.1, -0.05) is 29.8 Å². The van der Waals surface area contributed by atoms with E-state index in [4.69, 9.17) is 12.2 Å². The Kier molecular flexibility index (Phi) is 5.73. The zero-order valence-corrected chi connectivity index (χ0v) is 17.4. The van der Waals surface area contributed by atoms with Crippen molar-refractivity contribution in [2.45, 2.75) is 20.0 Å². The first kappa shape index (κ1) is 18.6. The van der Waals surface area contributed by atoms with E-state index in [-0.39, 0.29) is 0 Å². The number of hydrogen-bond donors (Lipinski definition) is 1. The molecule has 0 spiro atoms. The molecule has 0 atom stereocenters. The molecular weight excluding hydrogens is 412 g/mol. The molecule has 0 aliphatic carbocycles. The molecule has 0 saturated carbocycles. The summed E-state index contributed by atoms with van der Waals surface area (Å²) in [4.78, 5) is 1.97. The van der Waals surface area contributed by atoms with Crippen molar-refractivity contribution in [3.05, 3.63) is 64.1 Å². The van der Waals surface area contributed by atoms with Crippen molar-refractivity contribution in [3.63, 3.8) is 0 Å². The molecule has 0 amide bonds. The predicted molar refractivity (Wildman–Crippen MR) is 111 cm³/mol. The third kappa shape index (κ3) is 4.50. The number of aromatic nitrogens is 4. The molecule has 1 N–H and O–H groups in total. The van der Waals surface area contributed by atoms with E-state index in [1.165, 1.54) is 11.1 Å². The number of hydrogen-bond acceptors (Lipinski definition) is 3. The zero-order valence-electron chi connectivity index (χ0n) is 15.0. The molecule has 6 nitrogen and oxygen atoms in total. The lowest BCUT2D eigenvalue weighted by Gasteiger charge is -2.20. The smallest absolute Gasteiger partial charge is 0.173 e. The van der Waals surface area contributed by atoms with Crippen LogP contribution < -0.4 is 5.32 Å². The number of nitrogens with one attached hydrogen (secondary N) is 1. The van der Waals surface area contributed by atoms with Gasteiger partial charge in [-0.2, -0.15) is 10.2 Å². The lowest BCUT2D eigenvalue weighted by atomic mass is 10.1. The van der Waals surface area contributed by atoms with Gasteiger partial charge in [-0.25, -0.2) is 0 Å². The molecule has 0 radical (unpaired) electrons. The Balaban J connectivity index is 1.59. The fourth-order valence-electron chi connectivity index (χ4n) is 2.52. The van der Waals surface area contributed by atoms with Gasteiger partial charge in [0.2, 0.25) is 0 Å². The van der Waals surface area contributed by atoms with E-state index in [9.17, 15) is 0 Å². The summed E-state index contributed by atoms with van der Waals surface area (Å²) in [6, 6.07) is 8.46. The highest BCUT2D eigenvalue weighted by Gasteiger charge is 2.12. The largest absolute Gasteiger partial charge is 0.346 e. The molecule has 1 aromatic carbocycles. The summed E-state index contributed by atoms with van der Waals surface area (Å²) in [7, 11) is 3.87. The van der Waals surface area contributed by atoms with Gasteiger partial charge in [0, 0.05) is 20.3 Å². The number of nitrogens with zero attached hydrogens (tertiary/aromatic N) is 5. The maximum Gasteiger partial charge on any atom is 0.173 e. The molecule has 0 aliphatic rings. The van der Waals surface area contributed by atoms with Gasteiger partial charge in [0.15, 0.2) is 5.11 Å². The first-order valence-electron chi connectivity index (χ1n) is 8.19. The van der Waals surface area contributed by atoms with Crippen LogP contribution >= 0.6 is 28.1 Å². The summed E-state index contributed by atoms with van der Waals surface area (Å²) in [6.45, 7) is 3.47. The standard InChI is InChI=1S/C18H21BrN6S/c1-13-4-6-14(7-5-13)10-25-11-15(8-21-25)22-18(26)23(2)12-17-16(19)9-20-24(17)3/h4-9,11H,10,12H2,1-3H3,(H,22,26). The van der Waals surface area contributed by atoms with Crippen molar-refractivity contribution in [2.24, 2.45) is 7.05 Å². The van der Waals surface area contributed by atoms with Crippen molar-refractivity contribution in [2.75, 3.05) is 12.4 Å². The van der Waals surface area contributed by atoms with Crippen LogP contribution in [-0.4, -0.2) is 36.6 Å². The van der Waals surface area contributed by atoms with Crippen molar-refractivity contribution in [1.29, 1.82) is 0 Å². The summed E-state index contributed by atoms with van der Waals surface area (Å²) in [5.74, 6) is 0. The zero-order chi connectivity index (χ0) is 18.7. The summed E-state index contributed by atoms with van der Waals surface area (Å²) < 4.78 is 4.71. The Labute approximate surface area is 166 Å². The first-order valence-corrected chi connectivity index (χ1v) is 9.39. The average molecular weight is 433 g/mol. The Morgan fingerprint density at radius 2 is 1.96 bits per heavy atom. The van der Waals surface area contributed by atoms with Gasteiger partial charge in [0.25, 0.3) is 0 Å². The normalized spacial score (nSPS) is 10.8. The average Bonchev–Trinajstić information content (AvgIpc) is 3.18. The molecule has 0 aliphatic heterocycles. The van der Waals surface area contributed by atoms with E-state index in [1.807, 2.05) is 34.6 Å². The van der Waals surface area contributed by atoms with E-state index in [0.29, 0.717) is 11.7 Å². The van der Waals surface area contributed by atoms with Crippen molar-refractivity contribution >= 4 is 38.9 Å². The van der Waals surface area contributed by atoms with Crippen molar-refractivity contribution in [3.8, 4) is 0 Å². The van der Waals surface area contributed by atoms with E-state index < -0.39 is 0 Å². The maximum atomic E-state index is 5.50. The molecule has 3 rings (SSSR count). The molecule has 2 aromatic heterocycles. The lowest BCUT2D eigenvalue weighted by Crippen LogP contribution is -2.31. The van der Waals surface area contributed by atoms with E-state index in [0.717, 1.165) is 22.4 Å². The number of rotatable bonds is 5. The fourth-order valence-corrected chi connectivity index (χ4v) is 3.18. The SMILES string of the molecule is Cc1ccc(Cn2cc(NC(=S)N(C)Cc3c(Br)cnn3C)cn2)cc1. The molecule has 0 fully saturated rings. The van der Waals surface area contributed by atoms with E-state index in [2.05, 4.69) is 62.6 Å². The van der Waals surface area contributed by atoms with Gasteiger partial charge in [-0.15, -0.1) is 0 Å². The molecule has 0 unspecified atom stereocenters. The number of anilines is 1. The highest BCUT2D eigenvalue weighted by atomic mass is 79.9. The summed E-state index contributed by atoms with van der Waals surface area (Å²) in [5.41, 5.74) is 4.40. The highest BCUT2D eigenvalue weighted by Crippen LogP contribution is 2.17. The van der Waals surface area contributed by atoms with Gasteiger partial charge in [-0.3, -0.25) is 9.36 Å². The third-order valence-electron chi connectivity index (χ3n) is 4.09. The summed E-state index contributed by atoms with van der Waals surface area (Å²) in [5, 5.41) is 12.5. The fraction of sp³-hybridized carbons (Fsp3) is 0.278. The lowest BCUT2D eigenvalue weighted by molar-refractivity contribution is 0.481. The molecule has 26 heavy (non-hydrogen) atoms. The van der Waals surface area contributed by atoms with Crippen LogP contribution in [0.1, 0.15) is 16.8 Å². The second-order valence-corrected chi connectivity index (χ2v) is 7.50. The summed E-state index contributed by atoms with van der Waals surface area (Å²) >= 11 is 9.02. The first-order chi connectivity index (χ1) is 12.4. The topological polar surface area (TPSA) is 50.9 Å². The Morgan fingerprint density at radius 1 is 1.23 bits per heavy atom. The molecule has 3 aromatic rings. The Morgan fingerprint density at radius 3 is 2.62 bits per heavy atom. The molecular formula is C18H21BrN6S. The van der Waals surface area contributed by atoms with Crippen LogP contribution in [0.4, 0.5) is 5.69 Å². The van der Waals surface area contributed by atoms with Crippen LogP contribution in [0.15, 0.2) is 47.3 Å². The van der Waals surface area contributed by atoms with Gasteiger partial charge < -0.3 is 10.2 Å². The van der Waals surface area contributed by atoms with Crippen molar-refractivity contribution in [1.82, 2.24) is 24.5 Å². The molecule has 136 valence electrons. The van der Waals surface area contributed by atoms with Crippen LogP contribution in [0.2, 0.25) is 0 Å². The van der Waals surface area contributed by atoms with E-state index in [1.54, 1.807) is 12.4 Å². The van der Waals surface area contributed by atoms with E-state index >= 15 is 0 Å². The monoisotopic (exact) mass is 432 g/mol. The van der Waals surface area contributed by atoms with Crippen LogP contribution in [0.3, 0.4) is 0 Å². The second-order valence-electron chi connectivity index (χ2n) is 6.26. The molecule has 0 bridgehead atoms. The van der Waals surface area contributed by atoms with Gasteiger partial charge in [-0.05, 0) is 40.6 Å². The number of thiocarbonyl (C=S) groups is 1. The molecule has 0 saturated heterocycles. The number of halogens is 1. The van der Waals surface area contributed by atoms with Crippen LogP contribution in [0.25, 0.3) is 0 Å². The summed E-state index contributed by atoms with van der Waals surface area (Å²) in [6.07, 6.45) is 5.53. The quantitative estimate of drug-likeness (QED) is 0.624. The minimum Gasteiger partial charge on any atom is -0.346 e. The Bertz CT molecular complexity index is 879. The van der Waals surface area contributed by atoms with Gasteiger partial charge in [0.1, 0.15) is 0 Å². The maximum absolute atomic E-state index is 5.50. The molecule has 8 heteroatoms. The Hall–Kier alpha value is -2.19. The minimum absolute atomic E-state index is 0.632. The van der Waals surface area contributed by atoms with Crippen molar-refractivity contribution < 1.29 is 0 Å². The van der Waals surface area contributed by atoms with Gasteiger partial charge in [0.05, 0.1) is 41.3 Å². The highest BCUT2D eigenvalue weighted by molar-refractivity contribution is 9.10. The second kappa shape index (κ2) is 8.01. The van der Waals surface area contributed by atoms with Crippen LogP contribution in [0.5, 0.6) is 0 Å². The number of benzene rings is 1. The predicted octanol–water partition coefficient (Wildman–Crippen LogP) is 3.56. The number of aryl methyl sites for hydroxylation is 2. The van der Waals surface area contributed by atoms with Crippen LogP contribution in [-0.2, 0) is 20.1 Å². The van der Waals surface area contributed by atoms with Gasteiger partial charge >= 0.3 is 0 Å². The van der Waals surface area contributed by atoms with Crippen LogP contribution in [0, 0.1) is 6.92 Å². The molecule has 2 heterocycles. The minimum atomic E-state index is 0.632.